The van der Waals surface area contributed by atoms with Gasteiger partial charge >= 0.3 is 0 Å². The molecule has 2 N–H and O–H groups in total. The van der Waals surface area contributed by atoms with E-state index in [0.717, 1.165) is 45.0 Å². The Labute approximate surface area is 154 Å². The van der Waals surface area contributed by atoms with Gasteiger partial charge < -0.3 is 15.5 Å². The molecule has 0 unspecified atom stereocenters. The Morgan fingerprint density at radius 3 is 2.42 bits per heavy atom. The molecule has 26 heavy (non-hydrogen) atoms. The molecule has 1 aromatic heterocycles. The molecule has 0 bridgehead atoms. The second-order valence-corrected chi connectivity index (χ2v) is 7.19. The van der Waals surface area contributed by atoms with Crippen LogP contribution >= 0.6 is 0 Å². The van der Waals surface area contributed by atoms with Gasteiger partial charge in [0.15, 0.2) is 5.96 Å². The average molecular weight is 350 g/mol. The van der Waals surface area contributed by atoms with Crippen LogP contribution in [-0.2, 0) is 0 Å². The predicted octanol–water partition coefficient (Wildman–Crippen LogP) is 2.17. The van der Waals surface area contributed by atoms with Gasteiger partial charge in [-0.05, 0) is 42.9 Å². The summed E-state index contributed by atoms with van der Waals surface area (Å²) in [7, 11) is 0. The van der Waals surface area contributed by atoms with Crippen LogP contribution in [0, 0.1) is 6.92 Å². The molecule has 4 rings (SSSR count). The fourth-order valence-corrected chi connectivity index (χ4v) is 3.85. The number of aryl methyl sites for hydroxylation is 1. The zero-order valence-corrected chi connectivity index (χ0v) is 15.3. The lowest BCUT2D eigenvalue weighted by atomic mass is 9.75. The molecule has 0 amide bonds. The molecule has 0 radical (unpaired) electrons. The van der Waals surface area contributed by atoms with Crippen LogP contribution < -0.4 is 10.6 Å². The van der Waals surface area contributed by atoms with Crippen LogP contribution in [0.25, 0.3) is 0 Å². The zero-order valence-electron chi connectivity index (χ0n) is 15.3. The second-order valence-electron chi connectivity index (χ2n) is 7.19. The van der Waals surface area contributed by atoms with Crippen LogP contribution in [0.4, 0.5) is 5.95 Å². The van der Waals surface area contributed by atoms with Crippen molar-refractivity contribution in [3.63, 3.8) is 0 Å². The van der Waals surface area contributed by atoms with Gasteiger partial charge in [-0.3, -0.25) is 0 Å². The van der Waals surface area contributed by atoms with Gasteiger partial charge in [0, 0.05) is 38.6 Å². The number of hydrogen-bond acceptors (Lipinski definition) is 4. The van der Waals surface area contributed by atoms with E-state index in [0.29, 0.717) is 17.9 Å². The highest BCUT2D eigenvalue weighted by atomic mass is 15.4. The van der Waals surface area contributed by atoms with Crippen LogP contribution in [-0.4, -0.2) is 53.0 Å². The standard InChI is InChI=1S/C20H26N6/c1-15-5-2-3-6-18(15)16-13-17(14-16)24-19(21)25-9-11-26(12-10-25)20-22-7-4-8-23-20/h2-8,16-17H,9-14H2,1H3,(H2,21,24). The smallest absolute Gasteiger partial charge is 0.225 e. The van der Waals surface area contributed by atoms with Gasteiger partial charge in [0.05, 0.1) is 6.04 Å². The number of guanidine groups is 1. The normalized spacial score (nSPS) is 23.7. The molecule has 0 atom stereocenters. The lowest BCUT2D eigenvalue weighted by Gasteiger charge is -2.37. The van der Waals surface area contributed by atoms with E-state index < -0.39 is 0 Å². The molecule has 0 spiro atoms. The molecule has 136 valence electrons. The summed E-state index contributed by atoms with van der Waals surface area (Å²) >= 11 is 0. The van der Waals surface area contributed by atoms with Crippen molar-refractivity contribution in [2.45, 2.75) is 31.7 Å². The van der Waals surface area contributed by atoms with Crippen LogP contribution in [0.5, 0.6) is 0 Å². The number of rotatable bonds is 3. The molecule has 1 saturated heterocycles. The SMILES string of the molecule is Cc1ccccc1C1CC(N=C(N)N2CCN(c3ncccn3)CC2)C1. The van der Waals surface area contributed by atoms with E-state index in [4.69, 9.17) is 10.7 Å². The summed E-state index contributed by atoms with van der Waals surface area (Å²) in [5.41, 5.74) is 9.13. The van der Waals surface area contributed by atoms with Crippen LogP contribution in [0.3, 0.4) is 0 Å². The number of aliphatic imine (C=N–C) groups is 1. The van der Waals surface area contributed by atoms with Gasteiger partial charge in [-0.2, -0.15) is 0 Å². The monoisotopic (exact) mass is 350 g/mol. The van der Waals surface area contributed by atoms with Crippen molar-refractivity contribution >= 4 is 11.9 Å². The van der Waals surface area contributed by atoms with Gasteiger partial charge in [-0.1, -0.05) is 24.3 Å². The minimum atomic E-state index is 0.357. The van der Waals surface area contributed by atoms with Crippen molar-refractivity contribution < 1.29 is 0 Å². The number of hydrogen-bond donors (Lipinski definition) is 1. The predicted molar refractivity (Wildman–Crippen MR) is 104 cm³/mol. The van der Waals surface area contributed by atoms with Gasteiger partial charge in [-0.15, -0.1) is 0 Å². The third-order valence-electron chi connectivity index (χ3n) is 5.49. The first-order chi connectivity index (χ1) is 12.7. The molecule has 2 fully saturated rings. The van der Waals surface area contributed by atoms with Crippen molar-refractivity contribution in [2.75, 3.05) is 31.1 Å². The first kappa shape index (κ1) is 16.8. The van der Waals surface area contributed by atoms with E-state index in [1.807, 2.05) is 6.07 Å². The van der Waals surface area contributed by atoms with Gasteiger partial charge in [0.2, 0.25) is 5.95 Å². The van der Waals surface area contributed by atoms with Crippen molar-refractivity contribution in [1.29, 1.82) is 0 Å². The number of anilines is 1. The molecule has 6 nitrogen and oxygen atoms in total. The Balaban J connectivity index is 1.29. The topological polar surface area (TPSA) is 70.6 Å². The molecule has 6 heteroatoms. The van der Waals surface area contributed by atoms with E-state index in [9.17, 15) is 0 Å². The molecule has 1 aliphatic heterocycles. The summed E-state index contributed by atoms with van der Waals surface area (Å²) < 4.78 is 0. The minimum absolute atomic E-state index is 0.357. The molecule has 2 aliphatic rings. The van der Waals surface area contributed by atoms with Crippen molar-refractivity contribution in [3.8, 4) is 0 Å². The summed E-state index contributed by atoms with van der Waals surface area (Å²) in [6.07, 6.45) is 5.77. The van der Waals surface area contributed by atoms with Crippen molar-refractivity contribution in [3.05, 3.63) is 53.9 Å². The molecule has 1 saturated carbocycles. The highest BCUT2D eigenvalue weighted by Crippen LogP contribution is 2.40. The first-order valence-electron chi connectivity index (χ1n) is 9.36. The lowest BCUT2D eigenvalue weighted by Crippen LogP contribution is -2.52. The maximum absolute atomic E-state index is 6.28. The highest BCUT2D eigenvalue weighted by Gasteiger charge is 2.31. The number of nitrogens with two attached hydrogens (primary N) is 1. The summed E-state index contributed by atoms with van der Waals surface area (Å²) in [6.45, 7) is 5.66. The molecule has 2 heterocycles. The van der Waals surface area contributed by atoms with Crippen LogP contribution in [0.1, 0.15) is 29.9 Å². The quantitative estimate of drug-likeness (QED) is 0.678. The number of benzene rings is 1. The van der Waals surface area contributed by atoms with E-state index >= 15 is 0 Å². The summed E-state index contributed by atoms with van der Waals surface area (Å²) in [5.74, 6) is 2.11. The van der Waals surface area contributed by atoms with Crippen LogP contribution in [0.2, 0.25) is 0 Å². The zero-order chi connectivity index (χ0) is 17.9. The Morgan fingerprint density at radius 2 is 1.73 bits per heavy atom. The highest BCUT2D eigenvalue weighted by molar-refractivity contribution is 5.78. The van der Waals surface area contributed by atoms with E-state index in [1.54, 1.807) is 12.4 Å². The van der Waals surface area contributed by atoms with Gasteiger partial charge in [0.1, 0.15) is 0 Å². The van der Waals surface area contributed by atoms with E-state index in [-0.39, 0.29) is 0 Å². The second kappa shape index (κ2) is 7.32. The van der Waals surface area contributed by atoms with E-state index in [1.165, 1.54) is 11.1 Å². The maximum atomic E-state index is 6.28. The summed E-state index contributed by atoms with van der Waals surface area (Å²) in [4.78, 5) is 17.8. The number of aromatic nitrogens is 2. The summed E-state index contributed by atoms with van der Waals surface area (Å²) in [6, 6.07) is 10.9. The number of piperazine rings is 1. The average Bonchev–Trinajstić information content (AvgIpc) is 2.66. The van der Waals surface area contributed by atoms with Gasteiger partial charge in [0.25, 0.3) is 0 Å². The van der Waals surface area contributed by atoms with E-state index in [2.05, 4.69) is 51.0 Å². The van der Waals surface area contributed by atoms with Gasteiger partial charge in [-0.25, -0.2) is 15.0 Å². The third-order valence-corrected chi connectivity index (χ3v) is 5.49. The Morgan fingerprint density at radius 1 is 1.04 bits per heavy atom. The third kappa shape index (κ3) is 3.49. The molecule has 2 aromatic rings. The van der Waals surface area contributed by atoms with Crippen molar-refractivity contribution in [1.82, 2.24) is 14.9 Å². The Hall–Kier alpha value is -2.63. The molecule has 1 aliphatic carbocycles. The molecular weight excluding hydrogens is 324 g/mol. The lowest BCUT2D eigenvalue weighted by molar-refractivity contribution is 0.336. The fourth-order valence-electron chi connectivity index (χ4n) is 3.85. The molecular formula is C20H26N6. The minimum Gasteiger partial charge on any atom is -0.370 e. The summed E-state index contributed by atoms with van der Waals surface area (Å²) in [5, 5.41) is 0. The first-order valence-corrected chi connectivity index (χ1v) is 9.36. The largest absolute Gasteiger partial charge is 0.370 e. The Bertz CT molecular complexity index is 761. The Kier molecular flexibility index (Phi) is 4.73. The van der Waals surface area contributed by atoms with Crippen LogP contribution in [0.15, 0.2) is 47.7 Å². The molecule has 1 aromatic carbocycles. The number of nitrogens with zero attached hydrogens (tertiary/aromatic N) is 5. The fraction of sp³-hybridized carbons (Fsp3) is 0.450. The maximum Gasteiger partial charge on any atom is 0.225 e. The van der Waals surface area contributed by atoms with Crippen molar-refractivity contribution in [2.24, 2.45) is 10.7 Å².